The predicted octanol–water partition coefficient (Wildman–Crippen LogP) is 3.33. The molecule has 10 heteroatoms. The van der Waals surface area contributed by atoms with Crippen molar-refractivity contribution in [1.82, 2.24) is 9.78 Å². The van der Waals surface area contributed by atoms with Gasteiger partial charge in [-0.15, -0.1) is 6.42 Å². The van der Waals surface area contributed by atoms with Crippen LogP contribution in [0.5, 0.6) is 0 Å². The average Bonchev–Trinajstić information content (AvgIpc) is 3.06. The molecule has 5 nitrogen and oxygen atoms in total. The van der Waals surface area contributed by atoms with Crippen LogP contribution in [0.3, 0.4) is 0 Å². The molecule has 0 bridgehead atoms. The number of sulfonamides is 1. The van der Waals surface area contributed by atoms with Gasteiger partial charge in [-0.25, -0.2) is 22.6 Å². The van der Waals surface area contributed by atoms with Crippen molar-refractivity contribution in [1.29, 1.82) is 0 Å². The fourth-order valence-electron chi connectivity index (χ4n) is 2.51. The highest BCUT2D eigenvalue weighted by atomic mass is 32.2. The van der Waals surface area contributed by atoms with E-state index in [1.54, 1.807) is 0 Å². The Kier molecular flexibility index (Phi) is 4.74. The van der Waals surface area contributed by atoms with E-state index < -0.39 is 32.6 Å². The summed E-state index contributed by atoms with van der Waals surface area (Å²) in [5.74, 6) is 1.18. The smallest absolute Gasteiger partial charge is 0.232 e. The number of primary sulfonamides is 1. The summed E-state index contributed by atoms with van der Waals surface area (Å²) in [5.41, 5.74) is -0.429. The van der Waals surface area contributed by atoms with E-state index in [2.05, 4.69) is 11.0 Å². The summed E-state index contributed by atoms with van der Waals surface area (Å²) >= 11 is 0. The number of nitrogens with zero attached hydrogens (tertiary/aromatic N) is 2. The van der Waals surface area contributed by atoms with Crippen LogP contribution >= 0.6 is 0 Å². The summed E-state index contributed by atoms with van der Waals surface area (Å²) in [6.45, 7) is 0. The maximum absolute atomic E-state index is 14.2. The highest BCUT2D eigenvalue weighted by molar-refractivity contribution is 7.89. The lowest BCUT2D eigenvalue weighted by Crippen LogP contribution is -2.14. The van der Waals surface area contributed by atoms with E-state index in [0.717, 1.165) is 28.9 Å². The number of nitrogens with two attached hydrogens (primary N) is 1. The van der Waals surface area contributed by atoms with Crippen molar-refractivity contribution < 1.29 is 26.0 Å². The van der Waals surface area contributed by atoms with Gasteiger partial charge in [-0.3, -0.25) is 0 Å². The minimum atomic E-state index is -4.74. The molecule has 2 N–H and O–H groups in total. The second-order valence-electron chi connectivity index (χ2n) is 5.71. The SMILES string of the molecule is C#Cc1ccc(-c2cc(C(F)(F)F)nn2-c2ccc(S(N)(=O)=O)c(F)c2)cc1. The van der Waals surface area contributed by atoms with Crippen molar-refractivity contribution in [2.45, 2.75) is 11.1 Å². The summed E-state index contributed by atoms with van der Waals surface area (Å²) in [6.07, 6.45) is 0.531. The number of terminal acetylenes is 1. The minimum absolute atomic E-state index is 0.0126. The van der Waals surface area contributed by atoms with Crippen LogP contribution in [0, 0.1) is 18.2 Å². The largest absolute Gasteiger partial charge is 0.435 e. The maximum Gasteiger partial charge on any atom is 0.435 e. The van der Waals surface area contributed by atoms with Crippen molar-refractivity contribution in [3.8, 4) is 29.3 Å². The molecule has 0 aliphatic rings. The lowest BCUT2D eigenvalue weighted by atomic mass is 10.1. The number of alkyl halides is 3. The molecule has 0 fully saturated rings. The van der Waals surface area contributed by atoms with Gasteiger partial charge in [0.2, 0.25) is 10.0 Å². The lowest BCUT2D eigenvalue weighted by Gasteiger charge is -2.09. The molecule has 1 aromatic heterocycles. The van der Waals surface area contributed by atoms with Crippen LogP contribution < -0.4 is 5.14 Å². The highest BCUT2D eigenvalue weighted by Gasteiger charge is 2.35. The number of rotatable bonds is 3. The third kappa shape index (κ3) is 3.76. The van der Waals surface area contributed by atoms with E-state index in [9.17, 15) is 26.0 Å². The van der Waals surface area contributed by atoms with Gasteiger partial charge in [0.05, 0.1) is 11.4 Å². The number of aromatic nitrogens is 2. The molecule has 0 radical (unpaired) electrons. The van der Waals surface area contributed by atoms with Gasteiger partial charge >= 0.3 is 6.18 Å². The Hall–Kier alpha value is -3.16. The van der Waals surface area contributed by atoms with Crippen LogP contribution in [-0.2, 0) is 16.2 Å². The molecule has 1 heterocycles. The van der Waals surface area contributed by atoms with Crippen LogP contribution in [-0.4, -0.2) is 18.2 Å². The van der Waals surface area contributed by atoms with Gasteiger partial charge in [0.15, 0.2) is 5.69 Å². The van der Waals surface area contributed by atoms with Gasteiger partial charge in [-0.2, -0.15) is 18.3 Å². The Labute approximate surface area is 157 Å². The Balaban J connectivity index is 2.21. The van der Waals surface area contributed by atoms with Gasteiger partial charge in [-0.1, -0.05) is 18.1 Å². The van der Waals surface area contributed by atoms with Crippen molar-refractivity contribution >= 4 is 10.0 Å². The maximum atomic E-state index is 14.2. The molecular weight excluding hydrogens is 398 g/mol. The van der Waals surface area contributed by atoms with Crippen molar-refractivity contribution in [2.75, 3.05) is 0 Å². The molecule has 0 amide bonds. The molecule has 0 spiro atoms. The van der Waals surface area contributed by atoms with E-state index in [1.165, 1.54) is 24.3 Å². The van der Waals surface area contributed by atoms with Crippen LogP contribution in [0.2, 0.25) is 0 Å². The van der Waals surface area contributed by atoms with Crippen LogP contribution in [0.25, 0.3) is 16.9 Å². The number of hydrogen-bond donors (Lipinski definition) is 1. The van der Waals surface area contributed by atoms with Crippen molar-refractivity contribution in [3.05, 3.63) is 65.6 Å². The van der Waals surface area contributed by atoms with E-state index in [1.807, 2.05) is 0 Å². The Bertz CT molecular complexity index is 1190. The molecule has 0 atom stereocenters. The highest BCUT2D eigenvalue weighted by Crippen LogP contribution is 2.33. The second-order valence-corrected chi connectivity index (χ2v) is 7.24. The van der Waals surface area contributed by atoms with Crippen molar-refractivity contribution in [3.63, 3.8) is 0 Å². The van der Waals surface area contributed by atoms with Gasteiger partial charge in [0, 0.05) is 17.2 Å². The van der Waals surface area contributed by atoms with E-state index in [0.29, 0.717) is 11.1 Å². The third-order valence-corrected chi connectivity index (χ3v) is 4.76. The van der Waals surface area contributed by atoms with E-state index in [4.69, 9.17) is 11.6 Å². The van der Waals surface area contributed by atoms with Gasteiger partial charge < -0.3 is 0 Å². The van der Waals surface area contributed by atoms with Gasteiger partial charge in [0.25, 0.3) is 0 Å². The molecule has 0 saturated carbocycles. The lowest BCUT2D eigenvalue weighted by molar-refractivity contribution is -0.141. The topological polar surface area (TPSA) is 78.0 Å². The fraction of sp³-hybridized carbons (Fsp3) is 0.0556. The first-order valence-corrected chi connectivity index (χ1v) is 9.12. The first-order valence-electron chi connectivity index (χ1n) is 7.58. The second kappa shape index (κ2) is 6.78. The first-order chi connectivity index (χ1) is 13.0. The average molecular weight is 409 g/mol. The zero-order chi connectivity index (χ0) is 20.7. The van der Waals surface area contributed by atoms with Crippen LogP contribution in [0.4, 0.5) is 17.6 Å². The molecule has 2 aromatic carbocycles. The predicted molar refractivity (Wildman–Crippen MR) is 93.3 cm³/mol. The summed E-state index contributed by atoms with van der Waals surface area (Å²) in [5, 5.41) is 8.41. The van der Waals surface area contributed by atoms with E-state index >= 15 is 0 Å². The number of halogens is 4. The zero-order valence-electron chi connectivity index (χ0n) is 13.9. The molecule has 3 aromatic rings. The third-order valence-electron chi connectivity index (χ3n) is 3.81. The standard InChI is InChI=1S/C18H11F4N3O2S/c1-2-11-3-5-12(6-4-11)15-10-17(18(20,21)22)24-25(15)13-7-8-16(14(19)9-13)28(23,26)27/h1,3-10H,(H2,23,26,27). The normalized spacial score (nSPS) is 12.0. The zero-order valence-corrected chi connectivity index (χ0v) is 14.7. The molecule has 28 heavy (non-hydrogen) atoms. The summed E-state index contributed by atoms with van der Waals surface area (Å²) < 4.78 is 77.2. The monoisotopic (exact) mass is 409 g/mol. The number of hydrogen-bond acceptors (Lipinski definition) is 3. The molecule has 0 aliphatic heterocycles. The van der Waals surface area contributed by atoms with Crippen LogP contribution in [0.15, 0.2) is 53.4 Å². The minimum Gasteiger partial charge on any atom is -0.232 e. The number of benzene rings is 2. The Morgan fingerprint density at radius 2 is 1.71 bits per heavy atom. The van der Waals surface area contributed by atoms with Crippen molar-refractivity contribution in [2.24, 2.45) is 5.14 Å². The van der Waals surface area contributed by atoms with Crippen LogP contribution in [0.1, 0.15) is 11.3 Å². The molecular formula is C18H11F4N3O2S. The fourth-order valence-corrected chi connectivity index (χ4v) is 3.10. The van der Waals surface area contributed by atoms with E-state index in [-0.39, 0.29) is 11.4 Å². The Morgan fingerprint density at radius 3 is 2.21 bits per heavy atom. The molecule has 3 rings (SSSR count). The summed E-state index contributed by atoms with van der Waals surface area (Å²) in [6, 6.07) is 9.57. The molecule has 144 valence electrons. The molecule has 0 aliphatic carbocycles. The molecule has 0 saturated heterocycles. The Morgan fingerprint density at radius 1 is 1.07 bits per heavy atom. The molecule has 0 unspecified atom stereocenters. The quantitative estimate of drug-likeness (QED) is 0.533. The van der Waals surface area contributed by atoms with Gasteiger partial charge in [-0.05, 0) is 30.3 Å². The van der Waals surface area contributed by atoms with Gasteiger partial charge in [0.1, 0.15) is 10.7 Å². The first kappa shape index (κ1) is 19.6. The summed E-state index contributed by atoms with van der Waals surface area (Å²) in [4.78, 5) is -0.778. The summed E-state index contributed by atoms with van der Waals surface area (Å²) in [7, 11) is -4.32.